The molecule has 138 valence electrons. The van der Waals surface area contributed by atoms with Crippen molar-refractivity contribution in [2.24, 2.45) is 0 Å². The van der Waals surface area contributed by atoms with Gasteiger partial charge in [-0.2, -0.15) is 0 Å². The molecule has 2 heteroatoms. The minimum absolute atomic E-state index is 0.0652. The molecule has 0 bridgehead atoms. The highest BCUT2D eigenvalue weighted by atomic mass is 16.5. The predicted octanol–water partition coefficient (Wildman–Crippen LogP) is 5.62. The van der Waals surface area contributed by atoms with Crippen molar-refractivity contribution in [2.45, 2.75) is 58.0 Å². The van der Waals surface area contributed by atoms with E-state index in [2.05, 4.69) is 58.5 Å². The maximum Gasteiger partial charge on any atom is 0.127 e. The summed E-state index contributed by atoms with van der Waals surface area (Å²) in [5.41, 5.74) is 5.70. The summed E-state index contributed by atoms with van der Waals surface area (Å²) in [6, 6.07) is 14.6. The second-order valence-electron chi connectivity index (χ2n) is 8.70. The van der Waals surface area contributed by atoms with Crippen molar-refractivity contribution in [3.05, 3.63) is 71.3 Å². The molecule has 2 aromatic carbocycles. The summed E-state index contributed by atoms with van der Waals surface area (Å²) >= 11 is 0. The third-order valence-corrected chi connectivity index (χ3v) is 5.76. The Hall–Kier alpha value is -2.06. The number of aliphatic hydroxyl groups excluding tert-OH is 1. The normalized spacial score (nSPS) is 17.4. The van der Waals surface area contributed by atoms with Crippen LogP contribution in [-0.4, -0.2) is 11.7 Å². The van der Waals surface area contributed by atoms with Gasteiger partial charge in [0.2, 0.25) is 0 Å². The van der Waals surface area contributed by atoms with Crippen LogP contribution < -0.4 is 4.74 Å². The first-order valence-corrected chi connectivity index (χ1v) is 9.39. The van der Waals surface area contributed by atoms with E-state index in [4.69, 9.17) is 4.74 Å². The van der Waals surface area contributed by atoms with Gasteiger partial charge in [0.25, 0.3) is 0 Å². The van der Waals surface area contributed by atoms with Crippen LogP contribution in [0.25, 0.3) is 5.57 Å². The lowest BCUT2D eigenvalue weighted by molar-refractivity contribution is 0.296. The summed E-state index contributed by atoms with van der Waals surface area (Å²) in [7, 11) is 0. The van der Waals surface area contributed by atoms with Gasteiger partial charge < -0.3 is 9.84 Å². The summed E-state index contributed by atoms with van der Waals surface area (Å²) < 4.78 is 6.20. The Morgan fingerprint density at radius 2 is 1.58 bits per heavy atom. The van der Waals surface area contributed by atoms with Gasteiger partial charge in [0.05, 0.1) is 6.61 Å². The van der Waals surface area contributed by atoms with Gasteiger partial charge in [-0.3, -0.25) is 0 Å². The molecule has 3 rings (SSSR count). The van der Waals surface area contributed by atoms with Gasteiger partial charge in [-0.1, -0.05) is 64.6 Å². The van der Waals surface area contributed by atoms with Crippen molar-refractivity contribution in [3.63, 3.8) is 0 Å². The number of hydrogen-bond acceptors (Lipinski definition) is 2. The van der Waals surface area contributed by atoms with Crippen LogP contribution in [0.4, 0.5) is 0 Å². The summed E-state index contributed by atoms with van der Waals surface area (Å²) in [5, 5.41) is 9.68. The minimum atomic E-state index is -0.0652. The van der Waals surface area contributed by atoms with E-state index in [9.17, 15) is 5.11 Å². The number of hydrogen-bond donors (Lipinski definition) is 1. The first kappa shape index (κ1) is 18.7. The van der Waals surface area contributed by atoms with Crippen LogP contribution in [0.1, 0.15) is 62.8 Å². The smallest absolute Gasteiger partial charge is 0.127 e. The van der Waals surface area contributed by atoms with E-state index in [1.54, 1.807) is 0 Å². The maximum atomic E-state index is 9.68. The Balaban J connectivity index is 2.06. The van der Waals surface area contributed by atoms with Crippen LogP contribution >= 0.6 is 0 Å². The predicted molar refractivity (Wildman–Crippen MR) is 109 cm³/mol. The first-order chi connectivity index (χ1) is 12.2. The van der Waals surface area contributed by atoms with Crippen molar-refractivity contribution >= 4 is 5.57 Å². The zero-order valence-corrected chi connectivity index (χ0v) is 16.4. The number of benzene rings is 2. The number of rotatable bonds is 5. The zero-order valence-electron chi connectivity index (χ0n) is 16.4. The standard InChI is InChI=1S/C24H30O2/c1-17(15-25)19-13-20-21(24(4,5)12-11-23(20,2)3)14-22(19)26-16-18-9-7-6-8-10-18/h6-10,13-14,25H,1,11-12,15-16H2,2-5H3. The Morgan fingerprint density at radius 3 is 2.15 bits per heavy atom. The molecule has 2 nitrogen and oxygen atoms in total. The van der Waals surface area contributed by atoms with Crippen LogP contribution in [-0.2, 0) is 17.4 Å². The fourth-order valence-electron chi connectivity index (χ4n) is 3.81. The Bertz CT molecular complexity index is 800. The van der Waals surface area contributed by atoms with E-state index in [-0.39, 0.29) is 17.4 Å². The molecule has 0 atom stereocenters. The van der Waals surface area contributed by atoms with E-state index < -0.39 is 0 Å². The second-order valence-corrected chi connectivity index (χ2v) is 8.70. The molecule has 0 spiro atoms. The van der Waals surface area contributed by atoms with Crippen LogP contribution in [0.3, 0.4) is 0 Å². The summed E-state index contributed by atoms with van der Waals surface area (Å²) in [4.78, 5) is 0. The molecule has 1 N–H and O–H groups in total. The highest BCUT2D eigenvalue weighted by Gasteiger charge is 2.38. The third-order valence-electron chi connectivity index (χ3n) is 5.76. The number of fused-ring (bicyclic) bond motifs is 1. The number of aliphatic hydroxyl groups is 1. The monoisotopic (exact) mass is 350 g/mol. The van der Waals surface area contributed by atoms with E-state index in [1.165, 1.54) is 11.1 Å². The summed E-state index contributed by atoms with van der Waals surface area (Å²) in [6.07, 6.45) is 2.31. The SMILES string of the molecule is C=C(CO)c1cc2c(cc1OCc1ccccc1)C(C)(C)CCC2(C)C. The molecule has 0 heterocycles. The molecular formula is C24H30O2. The van der Waals surface area contributed by atoms with Gasteiger partial charge in [0.1, 0.15) is 12.4 Å². The van der Waals surface area contributed by atoms with E-state index in [1.807, 2.05) is 18.2 Å². The van der Waals surface area contributed by atoms with Crippen LogP contribution in [0.15, 0.2) is 49.0 Å². The average molecular weight is 351 g/mol. The summed E-state index contributed by atoms with van der Waals surface area (Å²) in [6.45, 7) is 13.7. The Kier molecular flexibility index (Phi) is 4.98. The number of ether oxygens (including phenoxy) is 1. The van der Waals surface area contributed by atoms with Gasteiger partial charge in [0.15, 0.2) is 0 Å². The van der Waals surface area contributed by atoms with E-state index in [0.717, 1.165) is 29.7 Å². The molecule has 26 heavy (non-hydrogen) atoms. The topological polar surface area (TPSA) is 29.5 Å². The molecule has 2 aromatic rings. The zero-order chi connectivity index (χ0) is 18.9. The van der Waals surface area contributed by atoms with E-state index in [0.29, 0.717) is 12.2 Å². The van der Waals surface area contributed by atoms with Gasteiger partial charge in [-0.15, -0.1) is 0 Å². The highest BCUT2D eigenvalue weighted by molar-refractivity contribution is 5.71. The summed E-state index contributed by atoms with van der Waals surface area (Å²) in [5.74, 6) is 0.817. The van der Waals surface area contributed by atoms with Crippen molar-refractivity contribution < 1.29 is 9.84 Å². The Morgan fingerprint density at radius 1 is 1.00 bits per heavy atom. The molecule has 0 saturated carbocycles. The maximum absolute atomic E-state index is 9.68. The Labute approximate surface area is 157 Å². The van der Waals surface area contributed by atoms with Gasteiger partial charge in [-0.05, 0) is 58.1 Å². The van der Waals surface area contributed by atoms with Crippen LogP contribution in [0.5, 0.6) is 5.75 Å². The fraction of sp³-hybridized carbons (Fsp3) is 0.417. The largest absolute Gasteiger partial charge is 0.488 e. The van der Waals surface area contributed by atoms with Crippen LogP contribution in [0.2, 0.25) is 0 Å². The van der Waals surface area contributed by atoms with Gasteiger partial charge >= 0.3 is 0 Å². The molecule has 0 aliphatic heterocycles. The molecule has 0 fully saturated rings. The molecule has 0 amide bonds. The van der Waals surface area contributed by atoms with E-state index >= 15 is 0 Å². The second kappa shape index (κ2) is 6.92. The highest BCUT2D eigenvalue weighted by Crippen LogP contribution is 2.48. The van der Waals surface area contributed by atoms with Gasteiger partial charge in [0, 0.05) is 5.56 Å². The van der Waals surface area contributed by atoms with Crippen molar-refractivity contribution in [3.8, 4) is 5.75 Å². The first-order valence-electron chi connectivity index (χ1n) is 9.39. The third kappa shape index (κ3) is 3.57. The molecule has 0 unspecified atom stereocenters. The van der Waals surface area contributed by atoms with Crippen molar-refractivity contribution in [1.29, 1.82) is 0 Å². The average Bonchev–Trinajstić information content (AvgIpc) is 2.63. The molecule has 0 saturated heterocycles. The molecule has 0 aromatic heterocycles. The minimum Gasteiger partial charge on any atom is -0.488 e. The lowest BCUT2D eigenvalue weighted by atomic mass is 9.62. The molecule has 1 aliphatic carbocycles. The molecular weight excluding hydrogens is 320 g/mol. The molecule has 1 aliphatic rings. The molecule has 0 radical (unpaired) electrons. The lowest BCUT2D eigenvalue weighted by Gasteiger charge is -2.42. The lowest BCUT2D eigenvalue weighted by Crippen LogP contribution is -2.34. The quantitative estimate of drug-likeness (QED) is 0.758. The fourth-order valence-corrected chi connectivity index (χ4v) is 3.81. The van der Waals surface area contributed by atoms with Crippen molar-refractivity contribution in [2.75, 3.05) is 6.61 Å². The van der Waals surface area contributed by atoms with Gasteiger partial charge in [-0.25, -0.2) is 0 Å². The van der Waals surface area contributed by atoms with Crippen LogP contribution in [0, 0.1) is 0 Å². The van der Waals surface area contributed by atoms with Crippen molar-refractivity contribution in [1.82, 2.24) is 0 Å².